The summed E-state index contributed by atoms with van der Waals surface area (Å²) in [5.41, 5.74) is -0.259. The first-order chi connectivity index (χ1) is 13.5. The van der Waals surface area contributed by atoms with Gasteiger partial charge in [0.15, 0.2) is 0 Å². The summed E-state index contributed by atoms with van der Waals surface area (Å²) < 4.78 is 16.4. The zero-order valence-electron chi connectivity index (χ0n) is 18.7. The van der Waals surface area contributed by atoms with Gasteiger partial charge in [-0.3, -0.25) is 14.4 Å². The molecule has 0 aromatic carbocycles. The summed E-state index contributed by atoms with van der Waals surface area (Å²) in [6.07, 6.45) is 4.98. The lowest BCUT2D eigenvalue weighted by atomic mass is 9.43. The summed E-state index contributed by atoms with van der Waals surface area (Å²) in [4.78, 5) is 36.7. The van der Waals surface area contributed by atoms with E-state index in [4.69, 9.17) is 14.2 Å². The highest BCUT2D eigenvalue weighted by molar-refractivity contribution is 5.81. The molecule has 29 heavy (non-hydrogen) atoms. The van der Waals surface area contributed by atoms with Crippen molar-refractivity contribution in [3.8, 4) is 0 Å². The third kappa shape index (κ3) is 3.68. The van der Waals surface area contributed by atoms with Gasteiger partial charge in [0.05, 0.1) is 26.1 Å². The van der Waals surface area contributed by atoms with Crippen molar-refractivity contribution in [2.24, 2.45) is 34.0 Å². The van der Waals surface area contributed by atoms with E-state index in [2.05, 4.69) is 27.7 Å². The standard InChI is InChI=1S/C23H36O6/c1-14(24)28-13-16-15(12-18(25)27-6)19(26)29-20-22(16,4)11-8-17-21(2,3)9-7-10-23(17,20)5/h15-17,20H,7-13H2,1-6H3. The normalized spacial score (nSPS) is 40.8. The molecule has 0 spiro atoms. The molecule has 3 fully saturated rings. The molecule has 1 heterocycles. The zero-order chi connectivity index (χ0) is 21.6. The number of hydrogen-bond donors (Lipinski definition) is 0. The maximum absolute atomic E-state index is 13.1. The quantitative estimate of drug-likeness (QED) is 0.518. The number of esters is 3. The number of rotatable bonds is 4. The SMILES string of the molecule is COC(=O)CC1C(=O)OC2C(C)(CCC3C(C)(C)CCCC32C)C1COC(C)=O. The summed E-state index contributed by atoms with van der Waals surface area (Å²) >= 11 is 0. The lowest BCUT2D eigenvalue weighted by Gasteiger charge is -2.64. The predicted molar refractivity (Wildman–Crippen MR) is 107 cm³/mol. The van der Waals surface area contributed by atoms with Crippen LogP contribution in [0.1, 0.15) is 73.1 Å². The third-order valence-electron chi connectivity index (χ3n) is 8.40. The first-order valence-corrected chi connectivity index (χ1v) is 10.9. The van der Waals surface area contributed by atoms with E-state index >= 15 is 0 Å². The average Bonchev–Trinajstić information content (AvgIpc) is 2.62. The molecule has 0 aromatic heterocycles. The van der Waals surface area contributed by atoms with Gasteiger partial charge in [-0.05, 0) is 37.0 Å². The van der Waals surface area contributed by atoms with Crippen LogP contribution in [0.2, 0.25) is 0 Å². The van der Waals surface area contributed by atoms with Gasteiger partial charge in [-0.2, -0.15) is 0 Å². The minimum atomic E-state index is -0.653. The maximum atomic E-state index is 13.1. The number of fused-ring (bicyclic) bond motifs is 3. The molecule has 6 atom stereocenters. The number of ether oxygens (including phenoxy) is 3. The van der Waals surface area contributed by atoms with Crippen LogP contribution in [0.5, 0.6) is 0 Å². The van der Waals surface area contributed by atoms with Crippen LogP contribution in [0.4, 0.5) is 0 Å². The van der Waals surface area contributed by atoms with Crippen LogP contribution in [0, 0.1) is 34.0 Å². The van der Waals surface area contributed by atoms with Gasteiger partial charge < -0.3 is 14.2 Å². The second-order valence-corrected chi connectivity index (χ2v) is 10.6. The lowest BCUT2D eigenvalue weighted by molar-refractivity contribution is -0.246. The highest BCUT2D eigenvalue weighted by Crippen LogP contribution is 2.65. The van der Waals surface area contributed by atoms with E-state index in [1.165, 1.54) is 20.5 Å². The molecule has 1 aliphatic heterocycles. The molecule has 164 valence electrons. The number of carbonyl (C=O) groups is 3. The van der Waals surface area contributed by atoms with Crippen molar-refractivity contribution in [2.45, 2.75) is 79.2 Å². The molecule has 0 aromatic rings. The molecule has 3 aliphatic rings. The van der Waals surface area contributed by atoms with Crippen LogP contribution in [0.25, 0.3) is 0 Å². The number of carbonyl (C=O) groups excluding carboxylic acids is 3. The summed E-state index contributed by atoms with van der Waals surface area (Å²) in [6.45, 7) is 10.6. The predicted octanol–water partition coefficient (Wildman–Crippen LogP) is 3.90. The molecule has 0 amide bonds. The van der Waals surface area contributed by atoms with Crippen molar-refractivity contribution in [3.63, 3.8) is 0 Å². The Hall–Kier alpha value is -1.59. The monoisotopic (exact) mass is 408 g/mol. The van der Waals surface area contributed by atoms with Crippen molar-refractivity contribution in [1.29, 1.82) is 0 Å². The van der Waals surface area contributed by atoms with Crippen molar-refractivity contribution in [1.82, 2.24) is 0 Å². The molecule has 2 saturated carbocycles. The van der Waals surface area contributed by atoms with Gasteiger partial charge in [0.1, 0.15) is 6.10 Å². The fraction of sp³-hybridized carbons (Fsp3) is 0.870. The van der Waals surface area contributed by atoms with Gasteiger partial charge in [-0.25, -0.2) is 0 Å². The van der Waals surface area contributed by atoms with Gasteiger partial charge in [0, 0.05) is 23.7 Å². The lowest BCUT2D eigenvalue weighted by Crippen LogP contribution is -2.66. The van der Waals surface area contributed by atoms with Crippen LogP contribution in [-0.2, 0) is 28.6 Å². The van der Waals surface area contributed by atoms with Crippen molar-refractivity contribution in [2.75, 3.05) is 13.7 Å². The Bertz CT molecular complexity index is 685. The van der Waals surface area contributed by atoms with E-state index in [1.807, 2.05) is 0 Å². The van der Waals surface area contributed by atoms with Crippen LogP contribution in [-0.4, -0.2) is 37.7 Å². The van der Waals surface area contributed by atoms with Crippen LogP contribution >= 0.6 is 0 Å². The van der Waals surface area contributed by atoms with E-state index < -0.39 is 11.9 Å². The second kappa shape index (κ2) is 7.59. The molecule has 6 heteroatoms. The highest BCUT2D eigenvalue weighted by atomic mass is 16.6. The highest BCUT2D eigenvalue weighted by Gasteiger charge is 2.65. The molecule has 2 aliphatic carbocycles. The Morgan fingerprint density at radius 2 is 1.79 bits per heavy atom. The van der Waals surface area contributed by atoms with Gasteiger partial charge in [0.2, 0.25) is 0 Å². The molecule has 0 N–H and O–H groups in total. The van der Waals surface area contributed by atoms with Crippen LogP contribution in [0.3, 0.4) is 0 Å². The van der Waals surface area contributed by atoms with Crippen molar-refractivity contribution < 1.29 is 28.6 Å². The fourth-order valence-electron chi connectivity index (χ4n) is 7.02. The van der Waals surface area contributed by atoms with E-state index in [9.17, 15) is 14.4 Å². The van der Waals surface area contributed by atoms with Crippen molar-refractivity contribution >= 4 is 17.9 Å². The molecule has 0 radical (unpaired) electrons. The Morgan fingerprint density at radius 1 is 1.10 bits per heavy atom. The van der Waals surface area contributed by atoms with Gasteiger partial charge >= 0.3 is 17.9 Å². The summed E-state index contributed by atoms with van der Waals surface area (Å²) in [5.74, 6) is -1.62. The molecular formula is C23H36O6. The van der Waals surface area contributed by atoms with E-state index in [0.717, 1.165) is 25.7 Å². The Kier molecular flexibility index (Phi) is 5.78. The Balaban J connectivity index is 1.99. The second-order valence-electron chi connectivity index (χ2n) is 10.6. The topological polar surface area (TPSA) is 78.9 Å². The smallest absolute Gasteiger partial charge is 0.310 e. The number of methoxy groups -OCH3 is 1. The molecule has 6 unspecified atom stereocenters. The number of hydrogen-bond acceptors (Lipinski definition) is 6. The summed E-state index contributed by atoms with van der Waals surface area (Å²) in [6, 6.07) is 0. The van der Waals surface area contributed by atoms with Crippen LogP contribution < -0.4 is 0 Å². The van der Waals surface area contributed by atoms with Gasteiger partial charge in [-0.1, -0.05) is 34.1 Å². The first kappa shape index (κ1) is 22.1. The maximum Gasteiger partial charge on any atom is 0.310 e. The largest absolute Gasteiger partial charge is 0.469 e. The zero-order valence-corrected chi connectivity index (χ0v) is 18.7. The summed E-state index contributed by atoms with van der Waals surface area (Å²) in [5, 5.41) is 0. The Labute approximate surface area is 174 Å². The van der Waals surface area contributed by atoms with E-state index in [-0.39, 0.29) is 53.2 Å². The molecule has 0 bridgehead atoms. The van der Waals surface area contributed by atoms with E-state index in [1.54, 1.807) is 0 Å². The molecule has 3 rings (SSSR count). The van der Waals surface area contributed by atoms with Crippen molar-refractivity contribution in [3.05, 3.63) is 0 Å². The third-order valence-corrected chi connectivity index (χ3v) is 8.40. The minimum Gasteiger partial charge on any atom is -0.469 e. The fourth-order valence-corrected chi connectivity index (χ4v) is 7.02. The van der Waals surface area contributed by atoms with Crippen LogP contribution in [0.15, 0.2) is 0 Å². The van der Waals surface area contributed by atoms with E-state index in [0.29, 0.717) is 5.92 Å². The Morgan fingerprint density at radius 3 is 2.41 bits per heavy atom. The van der Waals surface area contributed by atoms with Gasteiger partial charge in [-0.15, -0.1) is 0 Å². The summed E-state index contributed by atoms with van der Waals surface area (Å²) in [7, 11) is 1.32. The minimum absolute atomic E-state index is 0.0464. The molecular weight excluding hydrogens is 372 g/mol. The first-order valence-electron chi connectivity index (χ1n) is 10.9. The van der Waals surface area contributed by atoms with Gasteiger partial charge in [0.25, 0.3) is 0 Å². The molecule has 1 saturated heterocycles. The molecule has 6 nitrogen and oxygen atoms in total. The average molecular weight is 409 g/mol.